The molecule has 1 saturated heterocycles. The Bertz CT molecular complexity index is 1060. The fraction of sp³-hybridized carbons (Fsp3) is 0.381. The third-order valence-electron chi connectivity index (χ3n) is 5.32. The number of hydrogen-bond donors (Lipinski definition) is 0. The first-order valence-corrected chi connectivity index (χ1v) is 11.0. The summed E-state index contributed by atoms with van der Waals surface area (Å²) in [5, 5.41) is 1.19. The van der Waals surface area contributed by atoms with Gasteiger partial charge in [-0.05, 0) is 48.1 Å². The number of benzene rings is 1. The molecule has 0 amide bonds. The average Bonchev–Trinajstić information content (AvgIpc) is 3.19. The molecule has 4 atom stereocenters. The number of halogens is 2. The number of aryl methyl sites for hydroxylation is 1. The van der Waals surface area contributed by atoms with E-state index in [1.54, 1.807) is 19.1 Å². The Labute approximate surface area is 187 Å². The second-order valence-corrected chi connectivity index (χ2v) is 8.73. The first kappa shape index (κ1) is 20.6. The van der Waals surface area contributed by atoms with Gasteiger partial charge in [-0.3, -0.25) is 0 Å². The van der Waals surface area contributed by atoms with Crippen molar-refractivity contribution >= 4 is 51.2 Å². The SMILES string of the molecule is CC[C@H]1O[C@@H](n2cc(I)c3c(Cl)nc(C)nc32)[C@H](OC(=O)c2ccccc2)[C@@H]1C. The van der Waals surface area contributed by atoms with Crippen molar-refractivity contribution in [2.75, 3.05) is 0 Å². The van der Waals surface area contributed by atoms with Crippen LogP contribution in [0.4, 0.5) is 0 Å². The lowest BCUT2D eigenvalue weighted by Crippen LogP contribution is -2.30. The summed E-state index contributed by atoms with van der Waals surface area (Å²) in [5.74, 6) is 0.253. The van der Waals surface area contributed by atoms with Crippen molar-refractivity contribution in [2.45, 2.75) is 45.6 Å². The van der Waals surface area contributed by atoms with E-state index in [0.717, 1.165) is 15.4 Å². The van der Waals surface area contributed by atoms with Gasteiger partial charge in [-0.1, -0.05) is 43.6 Å². The molecule has 1 aliphatic rings. The number of carbonyl (C=O) groups is 1. The van der Waals surface area contributed by atoms with Gasteiger partial charge < -0.3 is 14.0 Å². The molecule has 3 aromatic rings. The van der Waals surface area contributed by atoms with Gasteiger partial charge >= 0.3 is 5.97 Å². The van der Waals surface area contributed by atoms with Gasteiger partial charge in [0.15, 0.2) is 12.3 Å². The Morgan fingerprint density at radius 2 is 2.03 bits per heavy atom. The van der Waals surface area contributed by atoms with Crippen LogP contribution in [0.15, 0.2) is 36.5 Å². The maximum Gasteiger partial charge on any atom is 0.338 e. The predicted molar refractivity (Wildman–Crippen MR) is 119 cm³/mol. The predicted octanol–water partition coefficient (Wildman–Crippen LogP) is 5.17. The highest BCUT2D eigenvalue weighted by molar-refractivity contribution is 14.1. The van der Waals surface area contributed by atoms with E-state index in [9.17, 15) is 4.79 Å². The Kier molecular flexibility index (Phi) is 5.81. The van der Waals surface area contributed by atoms with Crippen LogP contribution in [0.25, 0.3) is 11.0 Å². The summed E-state index contributed by atoms with van der Waals surface area (Å²) < 4.78 is 15.1. The van der Waals surface area contributed by atoms with Gasteiger partial charge in [0.1, 0.15) is 16.6 Å². The van der Waals surface area contributed by atoms with Crippen LogP contribution in [0.5, 0.6) is 0 Å². The molecule has 0 unspecified atom stereocenters. The number of esters is 1. The van der Waals surface area contributed by atoms with Gasteiger partial charge in [-0.2, -0.15) is 0 Å². The standard InChI is InChI=1S/C21H21ClIN3O3/c1-4-15-11(2)17(29-21(27)13-8-6-5-7-9-13)20(28-15)26-10-14(23)16-18(22)24-12(3)25-19(16)26/h5-11,15,17,20H,4H2,1-3H3/t11-,15-,17-,20-/m1/s1. The van der Waals surface area contributed by atoms with E-state index in [-0.39, 0.29) is 18.0 Å². The largest absolute Gasteiger partial charge is 0.454 e. The number of hydrogen-bond acceptors (Lipinski definition) is 5. The van der Waals surface area contributed by atoms with E-state index in [1.165, 1.54) is 0 Å². The molecule has 6 nitrogen and oxygen atoms in total. The average molecular weight is 526 g/mol. The number of nitrogens with zero attached hydrogens (tertiary/aromatic N) is 3. The fourth-order valence-electron chi connectivity index (χ4n) is 3.83. The summed E-state index contributed by atoms with van der Waals surface area (Å²) >= 11 is 8.59. The smallest absolute Gasteiger partial charge is 0.338 e. The van der Waals surface area contributed by atoms with E-state index in [2.05, 4.69) is 46.4 Å². The first-order valence-electron chi connectivity index (χ1n) is 9.52. The monoisotopic (exact) mass is 525 g/mol. The van der Waals surface area contributed by atoms with Crippen molar-refractivity contribution in [1.82, 2.24) is 14.5 Å². The van der Waals surface area contributed by atoms with Crippen LogP contribution < -0.4 is 0 Å². The topological polar surface area (TPSA) is 66.2 Å². The molecule has 1 aliphatic heterocycles. The molecule has 0 N–H and O–H groups in total. The van der Waals surface area contributed by atoms with Crippen molar-refractivity contribution in [3.8, 4) is 0 Å². The molecule has 3 heterocycles. The Hall–Kier alpha value is -1.71. The molecule has 1 fully saturated rings. The van der Waals surface area contributed by atoms with Crippen molar-refractivity contribution in [2.24, 2.45) is 5.92 Å². The zero-order valence-corrected chi connectivity index (χ0v) is 19.2. The van der Waals surface area contributed by atoms with Gasteiger partial charge in [0, 0.05) is 15.7 Å². The maximum atomic E-state index is 12.8. The Morgan fingerprint density at radius 3 is 2.72 bits per heavy atom. The fourth-order valence-corrected chi connectivity index (χ4v) is 5.10. The van der Waals surface area contributed by atoms with Gasteiger partial charge in [0.2, 0.25) is 0 Å². The van der Waals surface area contributed by atoms with Crippen LogP contribution in [-0.4, -0.2) is 32.7 Å². The summed E-state index contributed by atoms with van der Waals surface area (Å²) in [6, 6.07) is 9.01. The number of ether oxygens (including phenoxy) is 2. The van der Waals surface area contributed by atoms with Crippen LogP contribution in [0.1, 0.15) is 42.7 Å². The molecule has 4 rings (SSSR count). The minimum atomic E-state index is -0.487. The minimum Gasteiger partial charge on any atom is -0.454 e. The molecule has 152 valence electrons. The quantitative estimate of drug-likeness (QED) is 0.267. The third-order valence-corrected chi connectivity index (χ3v) is 6.41. The molecular formula is C21H21ClIN3O3. The van der Waals surface area contributed by atoms with Gasteiger partial charge in [-0.25, -0.2) is 14.8 Å². The molecule has 0 saturated carbocycles. The van der Waals surface area contributed by atoms with Crippen molar-refractivity contribution < 1.29 is 14.3 Å². The lowest BCUT2D eigenvalue weighted by Gasteiger charge is -2.23. The molecule has 29 heavy (non-hydrogen) atoms. The minimum absolute atomic E-state index is 0.0258. The second-order valence-electron chi connectivity index (χ2n) is 7.21. The molecular weight excluding hydrogens is 505 g/mol. The van der Waals surface area contributed by atoms with E-state index in [0.29, 0.717) is 22.2 Å². The van der Waals surface area contributed by atoms with Gasteiger partial charge in [0.25, 0.3) is 0 Å². The number of rotatable bonds is 4. The van der Waals surface area contributed by atoms with Gasteiger partial charge in [-0.15, -0.1) is 0 Å². The molecule has 1 aromatic carbocycles. The molecule has 8 heteroatoms. The molecule has 2 aromatic heterocycles. The first-order chi connectivity index (χ1) is 13.9. The van der Waals surface area contributed by atoms with Crippen molar-refractivity contribution in [1.29, 1.82) is 0 Å². The van der Waals surface area contributed by atoms with Gasteiger partial charge in [0.05, 0.1) is 17.1 Å². The zero-order chi connectivity index (χ0) is 20.7. The number of aromatic nitrogens is 3. The Balaban J connectivity index is 1.75. The zero-order valence-electron chi connectivity index (χ0n) is 16.3. The van der Waals surface area contributed by atoms with E-state index >= 15 is 0 Å². The van der Waals surface area contributed by atoms with E-state index in [1.807, 2.05) is 29.0 Å². The summed E-state index contributed by atoms with van der Waals surface area (Å²) in [4.78, 5) is 21.6. The second kappa shape index (κ2) is 8.20. The summed E-state index contributed by atoms with van der Waals surface area (Å²) in [6.45, 7) is 5.93. The van der Waals surface area contributed by atoms with Crippen LogP contribution in [0.2, 0.25) is 5.15 Å². The Morgan fingerprint density at radius 1 is 1.31 bits per heavy atom. The molecule has 0 spiro atoms. The summed E-state index contributed by atoms with van der Waals surface area (Å²) in [7, 11) is 0. The van der Waals surface area contributed by atoms with Crippen molar-refractivity contribution in [3.05, 3.63) is 56.6 Å². The number of carbonyl (C=O) groups excluding carboxylic acids is 1. The molecule has 0 bridgehead atoms. The lowest BCUT2D eigenvalue weighted by atomic mass is 9.98. The van der Waals surface area contributed by atoms with Crippen molar-refractivity contribution in [3.63, 3.8) is 0 Å². The van der Waals surface area contributed by atoms with E-state index in [4.69, 9.17) is 21.1 Å². The summed E-state index contributed by atoms with van der Waals surface area (Å²) in [6.07, 6.45) is 1.79. The van der Waals surface area contributed by atoms with Crippen LogP contribution >= 0.6 is 34.2 Å². The highest BCUT2D eigenvalue weighted by Crippen LogP contribution is 2.40. The third kappa shape index (κ3) is 3.75. The maximum absolute atomic E-state index is 12.8. The van der Waals surface area contributed by atoms with Crippen LogP contribution in [0, 0.1) is 16.4 Å². The molecule has 0 radical (unpaired) electrons. The van der Waals surface area contributed by atoms with Crippen LogP contribution in [0.3, 0.4) is 0 Å². The lowest BCUT2D eigenvalue weighted by molar-refractivity contribution is -0.0467. The molecule has 0 aliphatic carbocycles. The highest BCUT2D eigenvalue weighted by Gasteiger charge is 2.45. The van der Waals surface area contributed by atoms with E-state index < -0.39 is 12.3 Å². The highest BCUT2D eigenvalue weighted by atomic mass is 127. The normalized spacial score (nSPS) is 24.2. The number of fused-ring (bicyclic) bond motifs is 1. The summed E-state index contributed by atoms with van der Waals surface area (Å²) in [5.41, 5.74) is 1.20. The van der Waals surface area contributed by atoms with Crippen LogP contribution in [-0.2, 0) is 9.47 Å².